The lowest BCUT2D eigenvalue weighted by Gasteiger charge is -2.07. The van der Waals surface area contributed by atoms with Crippen LogP contribution in [0, 0.1) is 20.8 Å². The molecule has 0 unspecified atom stereocenters. The summed E-state index contributed by atoms with van der Waals surface area (Å²) in [7, 11) is 3.82. The minimum atomic E-state index is -0.218. The third kappa shape index (κ3) is 3.68. The molecule has 2 aromatic heterocycles. The van der Waals surface area contributed by atoms with Crippen LogP contribution in [0.3, 0.4) is 0 Å². The second-order valence-corrected chi connectivity index (χ2v) is 7.82. The van der Waals surface area contributed by atoms with Crippen LogP contribution >= 0.6 is 11.3 Å². The van der Waals surface area contributed by atoms with Crippen molar-refractivity contribution in [3.8, 4) is 0 Å². The summed E-state index contributed by atoms with van der Waals surface area (Å²) < 4.78 is 0. The lowest BCUT2D eigenvalue weighted by Crippen LogP contribution is -2.18. The predicted molar refractivity (Wildman–Crippen MR) is 106 cm³/mol. The van der Waals surface area contributed by atoms with E-state index in [0.717, 1.165) is 16.8 Å². The number of hydrogen-bond acceptors (Lipinski definition) is 5. The predicted octanol–water partition coefficient (Wildman–Crippen LogP) is 3.22. The summed E-state index contributed by atoms with van der Waals surface area (Å²) in [5, 5.41) is 3.42. The Morgan fingerprint density at radius 1 is 1.19 bits per heavy atom. The number of aromatic nitrogens is 2. The van der Waals surface area contributed by atoms with E-state index in [1.54, 1.807) is 6.92 Å². The van der Waals surface area contributed by atoms with Gasteiger partial charge in [-0.05, 0) is 63.7 Å². The Kier molecular flexibility index (Phi) is 4.93. The van der Waals surface area contributed by atoms with Gasteiger partial charge in [0.1, 0.15) is 10.7 Å². The minimum absolute atomic E-state index is 0.203. The molecule has 0 bridgehead atoms. The van der Waals surface area contributed by atoms with E-state index in [1.807, 2.05) is 45.0 Å². The maximum atomic E-state index is 12.8. The van der Waals surface area contributed by atoms with Crippen LogP contribution in [0.25, 0.3) is 10.2 Å². The molecular weight excluding hydrogens is 348 g/mol. The molecular formula is C19H22N4O2S. The molecule has 7 heteroatoms. The molecule has 2 heterocycles. The van der Waals surface area contributed by atoms with E-state index in [2.05, 4.69) is 21.4 Å². The molecule has 1 amide bonds. The third-order valence-corrected chi connectivity index (χ3v) is 5.19. The van der Waals surface area contributed by atoms with Crippen LogP contribution in [0.15, 0.2) is 23.0 Å². The normalized spacial score (nSPS) is 11.3. The molecule has 0 aliphatic carbocycles. The van der Waals surface area contributed by atoms with Crippen molar-refractivity contribution in [3.05, 3.63) is 55.9 Å². The summed E-state index contributed by atoms with van der Waals surface area (Å²) in [6.45, 7) is 6.30. The number of H-pyrrole nitrogens is 1. The molecule has 6 nitrogen and oxygen atoms in total. The van der Waals surface area contributed by atoms with Crippen molar-refractivity contribution in [1.29, 1.82) is 0 Å². The zero-order valence-electron chi connectivity index (χ0n) is 15.6. The fourth-order valence-electron chi connectivity index (χ4n) is 3.01. The van der Waals surface area contributed by atoms with Crippen molar-refractivity contribution in [2.75, 3.05) is 19.4 Å². The molecule has 3 rings (SSSR count). The van der Waals surface area contributed by atoms with Gasteiger partial charge in [0.2, 0.25) is 0 Å². The van der Waals surface area contributed by atoms with Gasteiger partial charge in [-0.3, -0.25) is 9.59 Å². The zero-order chi connectivity index (χ0) is 19.0. The monoisotopic (exact) mass is 370 g/mol. The summed E-state index contributed by atoms with van der Waals surface area (Å²) >= 11 is 1.25. The van der Waals surface area contributed by atoms with Gasteiger partial charge in [0, 0.05) is 5.69 Å². The van der Waals surface area contributed by atoms with Crippen LogP contribution in [0.2, 0.25) is 0 Å². The van der Waals surface area contributed by atoms with Crippen molar-refractivity contribution in [1.82, 2.24) is 14.9 Å². The fraction of sp³-hybridized carbons (Fsp3) is 0.316. The first-order valence-corrected chi connectivity index (χ1v) is 9.13. The van der Waals surface area contributed by atoms with Gasteiger partial charge in [0.25, 0.3) is 11.5 Å². The van der Waals surface area contributed by atoms with Crippen LogP contribution < -0.4 is 10.9 Å². The van der Waals surface area contributed by atoms with E-state index in [4.69, 9.17) is 0 Å². The molecule has 0 spiro atoms. The molecule has 0 saturated heterocycles. The highest BCUT2D eigenvalue weighted by Crippen LogP contribution is 2.28. The van der Waals surface area contributed by atoms with E-state index in [1.165, 1.54) is 11.3 Å². The lowest BCUT2D eigenvalue weighted by molar-refractivity contribution is 0.103. The molecule has 0 aliphatic rings. The smallest absolute Gasteiger partial charge is 0.266 e. The van der Waals surface area contributed by atoms with Gasteiger partial charge in [-0.15, -0.1) is 11.3 Å². The topological polar surface area (TPSA) is 78.1 Å². The number of carbonyl (C=O) groups excluding carboxylic acids is 1. The third-order valence-electron chi connectivity index (χ3n) is 4.00. The summed E-state index contributed by atoms with van der Waals surface area (Å²) in [4.78, 5) is 35.6. The summed E-state index contributed by atoms with van der Waals surface area (Å²) in [5.74, 6) is 0.374. The molecule has 2 N–H and O–H groups in total. The maximum absolute atomic E-state index is 12.8. The highest BCUT2D eigenvalue weighted by Gasteiger charge is 2.19. The number of rotatable bonds is 4. The zero-order valence-corrected chi connectivity index (χ0v) is 16.4. The number of fused-ring (bicyclic) bond motifs is 1. The van der Waals surface area contributed by atoms with Crippen LogP contribution in [0.4, 0.5) is 5.69 Å². The number of thiophene rings is 1. The second kappa shape index (κ2) is 7.01. The standard InChI is InChI=1S/C19H22N4O2S/c1-10-6-11(2)8-13(7-10)20-18(25)16-12(3)15-17(24)21-14(9-23(4)5)22-19(15)26-16/h6-8H,9H2,1-5H3,(H,20,25)(H,21,22,24). The van der Waals surface area contributed by atoms with Gasteiger partial charge in [-0.2, -0.15) is 0 Å². The molecule has 136 valence electrons. The Hall–Kier alpha value is -2.51. The summed E-state index contributed by atoms with van der Waals surface area (Å²) in [6.07, 6.45) is 0. The SMILES string of the molecule is Cc1cc(C)cc(NC(=O)c2sc3nc(CN(C)C)[nH]c(=O)c3c2C)c1. The van der Waals surface area contributed by atoms with Crippen LogP contribution in [-0.2, 0) is 6.54 Å². The number of aromatic amines is 1. The van der Waals surface area contributed by atoms with Crippen LogP contribution in [-0.4, -0.2) is 34.9 Å². The highest BCUT2D eigenvalue weighted by atomic mass is 32.1. The molecule has 0 fully saturated rings. The van der Waals surface area contributed by atoms with E-state index < -0.39 is 0 Å². The minimum Gasteiger partial charge on any atom is -0.321 e. The average molecular weight is 370 g/mol. The molecule has 0 radical (unpaired) electrons. The van der Waals surface area contributed by atoms with Gasteiger partial charge in [-0.25, -0.2) is 4.98 Å². The first-order chi connectivity index (χ1) is 12.2. The van der Waals surface area contributed by atoms with Crippen molar-refractivity contribution in [3.63, 3.8) is 0 Å². The molecule has 3 aromatic rings. The van der Waals surface area contributed by atoms with Gasteiger partial charge < -0.3 is 15.2 Å². The van der Waals surface area contributed by atoms with Crippen molar-refractivity contribution < 1.29 is 4.79 Å². The van der Waals surface area contributed by atoms with Gasteiger partial charge >= 0.3 is 0 Å². The fourth-order valence-corrected chi connectivity index (χ4v) is 4.11. The highest BCUT2D eigenvalue weighted by molar-refractivity contribution is 7.20. The van der Waals surface area contributed by atoms with E-state index in [0.29, 0.717) is 33.0 Å². The number of benzene rings is 1. The maximum Gasteiger partial charge on any atom is 0.266 e. The molecule has 1 aromatic carbocycles. The lowest BCUT2D eigenvalue weighted by atomic mass is 10.1. The number of hydrogen-bond donors (Lipinski definition) is 2. The number of nitrogens with zero attached hydrogens (tertiary/aromatic N) is 2. The summed E-state index contributed by atoms with van der Waals surface area (Å²) in [5.41, 5.74) is 3.38. The Balaban J connectivity index is 1.99. The van der Waals surface area contributed by atoms with Crippen molar-refractivity contribution in [2.45, 2.75) is 27.3 Å². The second-order valence-electron chi connectivity index (χ2n) is 6.82. The van der Waals surface area contributed by atoms with E-state index in [-0.39, 0.29) is 11.5 Å². The molecule has 0 atom stereocenters. The molecule has 0 saturated carbocycles. The van der Waals surface area contributed by atoms with Gasteiger partial charge in [0.15, 0.2) is 0 Å². The number of anilines is 1. The Bertz CT molecular complexity index is 1030. The number of amides is 1. The van der Waals surface area contributed by atoms with Crippen LogP contribution in [0.5, 0.6) is 0 Å². The first kappa shape index (κ1) is 18.3. The van der Waals surface area contributed by atoms with Crippen molar-refractivity contribution in [2.24, 2.45) is 0 Å². The molecule has 0 aliphatic heterocycles. The quantitative estimate of drug-likeness (QED) is 0.739. The number of aryl methyl sites for hydroxylation is 3. The average Bonchev–Trinajstić information content (AvgIpc) is 2.82. The van der Waals surface area contributed by atoms with Gasteiger partial charge in [-0.1, -0.05) is 6.07 Å². The largest absolute Gasteiger partial charge is 0.321 e. The Morgan fingerprint density at radius 2 is 1.85 bits per heavy atom. The first-order valence-electron chi connectivity index (χ1n) is 8.31. The number of carbonyl (C=O) groups is 1. The molecule has 26 heavy (non-hydrogen) atoms. The number of nitrogens with one attached hydrogen (secondary N) is 2. The van der Waals surface area contributed by atoms with Crippen LogP contribution in [0.1, 0.15) is 32.2 Å². The van der Waals surface area contributed by atoms with Gasteiger partial charge in [0.05, 0.1) is 16.8 Å². The summed E-state index contributed by atoms with van der Waals surface area (Å²) in [6, 6.07) is 5.90. The Labute approximate surface area is 155 Å². The van der Waals surface area contributed by atoms with Crippen molar-refractivity contribution >= 4 is 33.1 Å². The van der Waals surface area contributed by atoms with E-state index in [9.17, 15) is 9.59 Å². The van der Waals surface area contributed by atoms with E-state index >= 15 is 0 Å². The Morgan fingerprint density at radius 3 is 2.46 bits per heavy atom.